The molecule has 4 rings (SSSR count). The topological polar surface area (TPSA) is 132 Å². The van der Waals surface area contributed by atoms with Gasteiger partial charge >= 0.3 is 0 Å². The van der Waals surface area contributed by atoms with Crippen molar-refractivity contribution in [1.82, 2.24) is 14.8 Å². The number of nitro groups is 1. The SMILES string of the molecule is Cc1ccc(-c2nc3n(n2)C(CC(=O)Nc2ccccc2[N+](=O)[O-])C(=O)N3)cc1. The number of rotatable bonds is 5. The number of nitrogens with one attached hydrogen (secondary N) is 2. The van der Waals surface area contributed by atoms with Gasteiger partial charge in [-0.15, -0.1) is 5.10 Å². The summed E-state index contributed by atoms with van der Waals surface area (Å²) in [6, 6.07) is 12.5. The van der Waals surface area contributed by atoms with Crippen molar-refractivity contribution in [3.8, 4) is 11.4 Å². The van der Waals surface area contributed by atoms with Crippen molar-refractivity contribution in [2.75, 3.05) is 10.6 Å². The molecule has 0 aliphatic carbocycles. The summed E-state index contributed by atoms with van der Waals surface area (Å²) in [6.07, 6.45) is -0.235. The third kappa shape index (κ3) is 3.55. The Hall–Kier alpha value is -4.08. The number of hydrogen-bond acceptors (Lipinski definition) is 6. The normalized spacial score (nSPS) is 14.9. The highest BCUT2D eigenvalue weighted by Gasteiger charge is 2.35. The molecule has 0 saturated carbocycles. The molecule has 2 aromatic carbocycles. The molecule has 29 heavy (non-hydrogen) atoms. The first-order chi connectivity index (χ1) is 13.9. The fourth-order valence-corrected chi connectivity index (χ4v) is 3.05. The number of anilines is 2. The summed E-state index contributed by atoms with van der Waals surface area (Å²) in [5.74, 6) is -0.258. The number of benzene rings is 2. The summed E-state index contributed by atoms with van der Waals surface area (Å²) >= 11 is 0. The minimum Gasteiger partial charge on any atom is -0.320 e. The molecule has 10 heteroatoms. The lowest BCUT2D eigenvalue weighted by Gasteiger charge is -2.10. The zero-order chi connectivity index (χ0) is 20.5. The Labute approximate surface area is 164 Å². The van der Waals surface area contributed by atoms with E-state index < -0.39 is 22.8 Å². The van der Waals surface area contributed by atoms with Crippen LogP contribution in [0.5, 0.6) is 0 Å². The number of hydrogen-bond donors (Lipinski definition) is 2. The van der Waals surface area contributed by atoms with E-state index in [9.17, 15) is 19.7 Å². The van der Waals surface area contributed by atoms with E-state index in [1.807, 2.05) is 31.2 Å². The van der Waals surface area contributed by atoms with Gasteiger partial charge in [-0.2, -0.15) is 4.98 Å². The second-order valence-corrected chi connectivity index (χ2v) is 6.60. The van der Waals surface area contributed by atoms with Gasteiger partial charge in [0, 0.05) is 11.6 Å². The summed E-state index contributed by atoms with van der Waals surface area (Å²) in [7, 11) is 0. The fourth-order valence-electron chi connectivity index (χ4n) is 3.05. The number of carbonyl (C=O) groups is 2. The van der Waals surface area contributed by atoms with Crippen molar-refractivity contribution in [2.24, 2.45) is 0 Å². The van der Waals surface area contributed by atoms with E-state index >= 15 is 0 Å². The Balaban J connectivity index is 1.53. The van der Waals surface area contributed by atoms with Crippen molar-refractivity contribution < 1.29 is 14.5 Å². The first-order valence-corrected chi connectivity index (χ1v) is 8.80. The minimum atomic E-state index is -0.889. The van der Waals surface area contributed by atoms with E-state index in [2.05, 4.69) is 20.7 Å². The molecule has 0 saturated heterocycles. The number of nitro benzene ring substituents is 1. The number of amides is 2. The van der Waals surface area contributed by atoms with Crippen LogP contribution in [0, 0.1) is 17.0 Å². The molecule has 0 bridgehead atoms. The summed E-state index contributed by atoms with van der Waals surface area (Å²) in [4.78, 5) is 39.5. The van der Waals surface area contributed by atoms with Gasteiger partial charge in [-0.3, -0.25) is 25.0 Å². The maximum atomic E-state index is 12.4. The van der Waals surface area contributed by atoms with E-state index in [1.54, 1.807) is 6.07 Å². The van der Waals surface area contributed by atoms with E-state index in [-0.39, 0.29) is 23.7 Å². The van der Waals surface area contributed by atoms with Crippen LogP contribution in [0.25, 0.3) is 11.4 Å². The Kier molecular flexibility index (Phi) is 4.51. The quantitative estimate of drug-likeness (QED) is 0.507. The van der Waals surface area contributed by atoms with Crippen LogP contribution in [0.2, 0.25) is 0 Å². The molecule has 1 aliphatic heterocycles. The van der Waals surface area contributed by atoms with Crippen molar-refractivity contribution in [3.05, 3.63) is 64.2 Å². The van der Waals surface area contributed by atoms with E-state index in [0.717, 1.165) is 11.1 Å². The zero-order valence-electron chi connectivity index (χ0n) is 15.3. The van der Waals surface area contributed by atoms with Crippen molar-refractivity contribution >= 4 is 29.1 Å². The van der Waals surface area contributed by atoms with Crippen LogP contribution in [0.15, 0.2) is 48.5 Å². The lowest BCUT2D eigenvalue weighted by Crippen LogP contribution is -2.24. The molecule has 1 aliphatic rings. The third-order valence-corrected chi connectivity index (χ3v) is 4.53. The van der Waals surface area contributed by atoms with Gasteiger partial charge in [0.1, 0.15) is 11.7 Å². The zero-order valence-corrected chi connectivity index (χ0v) is 15.3. The molecule has 1 aromatic heterocycles. The number of nitrogens with zero attached hydrogens (tertiary/aromatic N) is 4. The van der Waals surface area contributed by atoms with Crippen LogP contribution in [0.3, 0.4) is 0 Å². The maximum Gasteiger partial charge on any atom is 0.292 e. The molecule has 2 heterocycles. The fraction of sp³-hybridized carbons (Fsp3) is 0.158. The largest absolute Gasteiger partial charge is 0.320 e. The van der Waals surface area contributed by atoms with Crippen LogP contribution >= 0.6 is 0 Å². The van der Waals surface area contributed by atoms with Gasteiger partial charge in [0.15, 0.2) is 5.82 Å². The van der Waals surface area contributed by atoms with Crippen molar-refractivity contribution in [3.63, 3.8) is 0 Å². The molecule has 0 radical (unpaired) electrons. The van der Waals surface area contributed by atoms with E-state index in [0.29, 0.717) is 5.82 Å². The summed E-state index contributed by atoms with van der Waals surface area (Å²) in [5, 5.41) is 20.6. The predicted octanol–water partition coefficient (Wildman–Crippen LogP) is 2.68. The van der Waals surface area contributed by atoms with Crippen LogP contribution in [0.4, 0.5) is 17.3 Å². The maximum absolute atomic E-state index is 12.4. The molecule has 1 atom stereocenters. The van der Waals surface area contributed by atoms with Gasteiger partial charge in [0.2, 0.25) is 11.9 Å². The molecule has 2 N–H and O–H groups in total. The van der Waals surface area contributed by atoms with Gasteiger partial charge in [-0.05, 0) is 13.0 Å². The molecule has 146 valence electrons. The van der Waals surface area contributed by atoms with E-state index in [4.69, 9.17) is 0 Å². The molecule has 1 unspecified atom stereocenters. The smallest absolute Gasteiger partial charge is 0.292 e. The molecule has 3 aromatic rings. The summed E-state index contributed by atoms with van der Waals surface area (Å²) in [6.45, 7) is 1.97. The lowest BCUT2D eigenvalue weighted by atomic mass is 10.1. The van der Waals surface area contributed by atoms with Gasteiger partial charge in [-0.1, -0.05) is 42.0 Å². The van der Waals surface area contributed by atoms with Gasteiger partial charge in [0.25, 0.3) is 11.6 Å². The van der Waals surface area contributed by atoms with Crippen molar-refractivity contribution in [1.29, 1.82) is 0 Å². The predicted molar refractivity (Wildman–Crippen MR) is 104 cm³/mol. The van der Waals surface area contributed by atoms with Crippen LogP contribution in [-0.4, -0.2) is 31.5 Å². The second-order valence-electron chi connectivity index (χ2n) is 6.60. The highest BCUT2D eigenvalue weighted by atomic mass is 16.6. The second kappa shape index (κ2) is 7.15. The number of para-hydroxylation sites is 2. The first kappa shape index (κ1) is 18.3. The molecule has 10 nitrogen and oxygen atoms in total. The Morgan fingerprint density at radius 3 is 2.69 bits per heavy atom. The number of fused-ring (bicyclic) bond motifs is 1. The first-order valence-electron chi connectivity index (χ1n) is 8.80. The monoisotopic (exact) mass is 392 g/mol. The molecule has 2 amide bonds. The van der Waals surface area contributed by atoms with Crippen LogP contribution in [0.1, 0.15) is 18.0 Å². The number of aryl methyl sites for hydroxylation is 1. The number of carbonyl (C=O) groups excluding carboxylic acids is 2. The highest BCUT2D eigenvalue weighted by molar-refractivity contribution is 6.01. The van der Waals surface area contributed by atoms with Crippen LogP contribution < -0.4 is 10.6 Å². The molecule has 0 fully saturated rings. The Morgan fingerprint density at radius 1 is 1.24 bits per heavy atom. The lowest BCUT2D eigenvalue weighted by molar-refractivity contribution is -0.383. The third-order valence-electron chi connectivity index (χ3n) is 4.53. The van der Waals surface area contributed by atoms with Crippen molar-refractivity contribution in [2.45, 2.75) is 19.4 Å². The average Bonchev–Trinajstić information content (AvgIpc) is 3.21. The standard InChI is InChI=1S/C19H16N6O4/c1-11-6-8-12(9-7-11)17-21-19-22-18(27)15(24(19)23-17)10-16(26)20-13-4-2-3-5-14(13)25(28)29/h2-9,15H,10H2,1H3,(H,20,26)(H,21,22,23,27). The Morgan fingerprint density at radius 2 is 1.97 bits per heavy atom. The molecular formula is C19H16N6O4. The highest BCUT2D eigenvalue weighted by Crippen LogP contribution is 2.29. The number of aromatic nitrogens is 3. The van der Waals surface area contributed by atoms with Gasteiger partial charge in [-0.25, -0.2) is 4.68 Å². The van der Waals surface area contributed by atoms with Gasteiger partial charge < -0.3 is 5.32 Å². The minimum absolute atomic E-state index is 0.0695. The van der Waals surface area contributed by atoms with Crippen LogP contribution in [-0.2, 0) is 9.59 Å². The Bertz CT molecular complexity index is 1120. The van der Waals surface area contributed by atoms with E-state index in [1.165, 1.54) is 22.9 Å². The van der Waals surface area contributed by atoms with Gasteiger partial charge in [0.05, 0.1) is 11.3 Å². The molecular weight excluding hydrogens is 376 g/mol. The molecule has 0 spiro atoms. The summed E-state index contributed by atoms with van der Waals surface area (Å²) < 4.78 is 1.37. The average molecular weight is 392 g/mol. The summed E-state index contributed by atoms with van der Waals surface area (Å²) in [5.41, 5.74) is 1.73.